The summed E-state index contributed by atoms with van der Waals surface area (Å²) < 4.78 is 0. The lowest BCUT2D eigenvalue weighted by atomic mass is 9.81. The van der Waals surface area contributed by atoms with E-state index in [1.165, 1.54) is 5.56 Å². The summed E-state index contributed by atoms with van der Waals surface area (Å²) in [6.07, 6.45) is 9.76. The molecule has 0 bridgehead atoms. The van der Waals surface area contributed by atoms with Crippen molar-refractivity contribution in [3.63, 3.8) is 0 Å². The average molecular weight is 271 g/mol. The molecule has 0 fully saturated rings. The molecule has 1 aromatic carbocycles. The summed E-state index contributed by atoms with van der Waals surface area (Å²) in [4.78, 5) is 0. The molecule has 0 saturated carbocycles. The zero-order valence-corrected chi connectivity index (χ0v) is 12.5. The van der Waals surface area contributed by atoms with Gasteiger partial charge in [-0.25, -0.2) is 0 Å². The lowest BCUT2D eigenvalue weighted by Crippen LogP contribution is -2.23. The Morgan fingerprint density at radius 1 is 1.30 bits per heavy atom. The van der Waals surface area contributed by atoms with Gasteiger partial charge in [-0.1, -0.05) is 67.6 Å². The monoisotopic (exact) mass is 271 g/mol. The largest absolute Gasteiger partial charge is 0.411 e. The lowest BCUT2D eigenvalue weighted by Gasteiger charge is -2.24. The SMILES string of the molecule is C=CCCC/C(=N\O)C(C)(C)C/C=C/c1ccccc1. The van der Waals surface area contributed by atoms with E-state index in [0.717, 1.165) is 31.4 Å². The Hall–Kier alpha value is -1.83. The minimum absolute atomic E-state index is 0.124. The second kappa shape index (κ2) is 8.36. The highest BCUT2D eigenvalue weighted by Crippen LogP contribution is 2.26. The number of hydrogen-bond donors (Lipinski definition) is 1. The third-order valence-corrected chi connectivity index (χ3v) is 3.46. The molecule has 0 radical (unpaired) electrons. The van der Waals surface area contributed by atoms with E-state index in [0.29, 0.717) is 0 Å². The summed E-state index contributed by atoms with van der Waals surface area (Å²) in [5, 5.41) is 12.7. The number of hydrogen-bond acceptors (Lipinski definition) is 2. The smallest absolute Gasteiger partial charge is 0.0630 e. The molecule has 0 aromatic heterocycles. The molecule has 0 aliphatic heterocycles. The van der Waals surface area contributed by atoms with Gasteiger partial charge < -0.3 is 5.21 Å². The minimum Gasteiger partial charge on any atom is -0.411 e. The number of unbranched alkanes of at least 4 members (excludes halogenated alkanes) is 1. The van der Waals surface area contributed by atoms with E-state index in [2.05, 4.69) is 49.9 Å². The Labute approximate surface area is 122 Å². The summed E-state index contributed by atoms with van der Waals surface area (Å²) in [6, 6.07) is 10.2. The van der Waals surface area contributed by atoms with Crippen LogP contribution in [-0.2, 0) is 0 Å². The number of nitrogens with zero attached hydrogens (tertiary/aromatic N) is 1. The molecule has 0 saturated heterocycles. The maximum absolute atomic E-state index is 9.22. The zero-order valence-electron chi connectivity index (χ0n) is 12.5. The fourth-order valence-electron chi connectivity index (χ4n) is 2.11. The fourth-order valence-corrected chi connectivity index (χ4v) is 2.11. The Bertz CT molecular complexity index is 458. The number of benzene rings is 1. The van der Waals surface area contributed by atoms with Crippen molar-refractivity contribution in [2.24, 2.45) is 10.6 Å². The molecular formula is C18H25NO. The molecule has 0 aliphatic rings. The van der Waals surface area contributed by atoms with Crippen molar-refractivity contribution >= 4 is 11.8 Å². The van der Waals surface area contributed by atoms with Gasteiger partial charge in [0.15, 0.2) is 0 Å². The summed E-state index contributed by atoms with van der Waals surface area (Å²) >= 11 is 0. The van der Waals surface area contributed by atoms with Gasteiger partial charge in [0.2, 0.25) is 0 Å². The van der Waals surface area contributed by atoms with Crippen LogP contribution in [-0.4, -0.2) is 10.9 Å². The Morgan fingerprint density at radius 3 is 2.60 bits per heavy atom. The van der Waals surface area contributed by atoms with E-state index < -0.39 is 0 Å². The molecule has 20 heavy (non-hydrogen) atoms. The van der Waals surface area contributed by atoms with Gasteiger partial charge in [0, 0.05) is 5.41 Å². The molecule has 0 atom stereocenters. The minimum atomic E-state index is -0.124. The number of allylic oxidation sites excluding steroid dienone is 2. The first-order chi connectivity index (χ1) is 9.60. The maximum Gasteiger partial charge on any atom is 0.0630 e. The van der Waals surface area contributed by atoms with Crippen LogP contribution in [0.4, 0.5) is 0 Å². The number of oxime groups is 1. The molecule has 1 rings (SSSR count). The molecule has 2 nitrogen and oxygen atoms in total. The molecule has 0 aliphatic carbocycles. The Balaban J connectivity index is 2.58. The topological polar surface area (TPSA) is 32.6 Å². The second-order valence-corrected chi connectivity index (χ2v) is 5.63. The Morgan fingerprint density at radius 2 is 2.00 bits per heavy atom. The van der Waals surface area contributed by atoms with Gasteiger partial charge in [0.05, 0.1) is 5.71 Å². The normalized spacial score (nSPS) is 12.8. The van der Waals surface area contributed by atoms with Crippen molar-refractivity contribution in [3.05, 3.63) is 54.6 Å². The van der Waals surface area contributed by atoms with Crippen LogP contribution in [0.1, 0.15) is 45.1 Å². The van der Waals surface area contributed by atoms with E-state index in [9.17, 15) is 5.21 Å². The zero-order chi connectivity index (χ0) is 14.8. The lowest BCUT2D eigenvalue weighted by molar-refractivity contribution is 0.306. The average Bonchev–Trinajstić information content (AvgIpc) is 2.44. The van der Waals surface area contributed by atoms with E-state index >= 15 is 0 Å². The van der Waals surface area contributed by atoms with Crippen LogP contribution in [0.3, 0.4) is 0 Å². The first-order valence-electron chi connectivity index (χ1n) is 7.14. The van der Waals surface area contributed by atoms with Crippen molar-refractivity contribution in [3.8, 4) is 0 Å². The van der Waals surface area contributed by atoms with Crippen LogP contribution in [0, 0.1) is 5.41 Å². The second-order valence-electron chi connectivity index (χ2n) is 5.63. The predicted molar refractivity (Wildman–Crippen MR) is 87.1 cm³/mol. The number of rotatable bonds is 8. The van der Waals surface area contributed by atoms with Gasteiger partial charge in [-0.3, -0.25) is 0 Å². The summed E-state index contributed by atoms with van der Waals surface area (Å²) in [7, 11) is 0. The van der Waals surface area contributed by atoms with Crippen LogP contribution < -0.4 is 0 Å². The first-order valence-corrected chi connectivity index (χ1v) is 7.14. The molecule has 1 N–H and O–H groups in total. The van der Waals surface area contributed by atoms with Gasteiger partial charge in [-0.2, -0.15) is 0 Å². The van der Waals surface area contributed by atoms with Gasteiger partial charge >= 0.3 is 0 Å². The molecule has 0 heterocycles. The van der Waals surface area contributed by atoms with Gasteiger partial charge in [0.1, 0.15) is 0 Å². The highest BCUT2D eigenvalue weighted by molar-refractivity contribution is 5.89. The maximum atomic E-state index is 9.22. The van der Waals surface area contributed by atoms with E-state index in [4.69, 9.17) is 0 Å². The summed E-state index contributed by atoms with van der Waals surface area (Å²) in [5.74, 6) is 0. The highest BCUT2D eigenvalue weighted by Gasteiger charge is 2.23. The van der Waals surface area contributed by atoms with Crippen molar-refractivity contribution in [1.82, 2.24) is 0 Å². The molecule has 108 valence electrons. The molecular weight excluding hydrogens is 246 g/mol. The van der Waals surface area contributed by atoms with Gasteiger partial charge in [-0.15, -0.1) is 6.58 Å². The first kappa shape index (κ1) is 16.2. The highest BCUT2D eigenvalue weighted by atomic mass is 16.4. The summed E-state index contributed by atoms with van der Waals surface area (Å²) in [5.41, 5.74) is 1.93. The van der Waals surface area contributed by atoms with Crippen LogP contribution in [0.25, 0.3) is 6.08 Å². The van der Waals surface area contributed by atoms with E-state index in [1.807, 2.05) is 24.3 Å². The molecule has 0 spiro atoms. The van der Waals surface area contributed by atoms with Gasteiger partial charge in [-0.05, 0) is 31.2 Å². The van der Waals surface area contributed by atoms with Crippen LogP contribution in [0.2, 0.25) is 0 Å². The van der Waals surface area contributed by atoms with Crippen molar-refractivity contribution in [2.75, 3.05) is 0 Å². The van der Waals surface area contributed by atoms with Crippen LogP contribution in [0.5, 0.6) is 0 Å². The van der Waals surface area contributed by atoms with E-state index in [-0.39, 0.29) is 5.41 Å². The van der Waals surface area contributed by atoms with Crippen molar-refractivity contribution in [1.29, 1.82) is 0 Å². The van der Waals surface area contributed by atoms with E-state index in [1.54, 1.807) is 0 Å². The van der Waals surface area contributed by atoms with Crippen molar-refractivity contribution < 1.29 is 5.21 Å². The summed E-state index contributed by atoms with van der Waals surface area (Å²) in [6.45, 7) is 7.95. The predicted octanol–water partition coefficient (Wildman–Crippen LogP) is 5.30. The quantitative estimate of drug-likeness (QED) is 0.225. The van der Waals surface area contributed by atoms with Crippen molar-refractivity contribution in [2.45, 2.75) is 39.5 Å². The molecule has 0 amide bonds. The third kappa shape index (κ3) is 5.43. The van der Waals surface area contributed by atoms with Crippen LogP contribution >= 0.6 is 0 Å². The third-order valence-electron chi connectivity index (χ3n) is 3.46. The molecule has 2 heteroatoms. The van der Waals surface area contributed by atoms with Crippen LogP contribution in [0.15, 0.2) is 54.2 Å². The molecule has 0 unspecified atom stereocenters. The Kier molecular flexibility index (Phi) is 6.78. The molecule has 1 aromatic rings. The standard InChI is InChI=1S/C18H25NO/c1-4-5-7-14-17(19-20)18(2,3)15-10-13-16-11-8-6-9-12-16/h4,6,8-13,20H,1,5,7,14-15H2,2-3H3/b13-10+,19-17+. The fraction of sp³-hybridized carbons (Fsp3) is 0.389. The van der Waals surface area contributed by atoms with Gasteiger partial charge in [0.25, 0.3) is 0 Å².